The molecule has 0 bridgehead atoms. The lowest BCUT2D eigenvalue weighted by Gasteiger charge is -2.25. The molecule has 2 amide bonds. The molecule has 6 heteroatoms. The summed E-state index contributed by atoms with van der Waals surface area (Å²) in [6.45, 7) is 3.46. The van der Waals surface area contributed by atoms with Crippen LogP contribution in [0.3, 0.4) is 0 Å². The van der Waals surface area contributed by atoms with E-state index in [0.717, 1.165) is 42.1 Å². The molecule has 1 saturated heterocycles. The van der Waals surface area contributed by atoms with Gasteiger partial charge in [-0.15, -0.1) is 11.3 Å². The third-order valence-corrected chi connectivity index (χ3v) is 5.25. The number of aromatic nitrogens is 1. The molecule has 3 rings (SSSR count). The Morgan fingerprint density at radius 2 is 2.38 bits per heavy atom. The first-order valence-corrected chi connectivity index (χ1v) is 9.09. The van der Waals surface area contributed by atoms with E-state index < -0.39 is 0 Å². The molecule has 1 aromatic heterocycles. The summed E-state index contributed by atoms with van der Waals surface area (Å²) < 4.78 is 5.30. The lowest BCUT2D eigenvalue weighted by Crippen LogP contribution is -2.40. The van der Waals surface area contributed by atoms with Crippen LogP contribution in [0.1, 0.15) is 34.3 Å². The molecule has 1 aromatic carbocycles. The number of rotatable bonds is 5. The highest BCUT2D eigenvalue weighted by molar-refractivity contribution is 7.11. The van der Waals surface area contributed by atoms with Crippen LogP contribution in [0.4, 0.5) is 4.79 Å². The minimum absolute atomic E-state index is 0.00796. The molecule has 1 N–H and O–H groups in total. The number of benzene rings is 1. The van der Waals surface area contributed by atoms with Gasteiger partial charge < -0.3 is 15.0 Å². The van der Waals surface area contributed by atoms with Crippen LogP contribution in [-0.2, 0) is 6.42 Å². The zero-order valence-corrected chi connectivity index (χ0v) is 14.9. The SMILES string of the molecule is COc1cccc(C2CCCN2C(=O)NCCc2ncc(C)s2)c1. The molecular weight excluding hydrogens is 322 g/mol. The molecule has 1 unspecified atom stereocenters. The van der Waals surface area contributed by atoms with Crippen LogP contribution in [-0.4, -0.2) is 36.1 Å². The van der Waals surface area contributed by atoms with E-state index in [4.69, 9.17) is 4.74 Å². The van der Waals surface area contributed by atoms with Gasteiger partial charge in [0.05, 0.1) is 18.2 Å². The van der Waals surface area contributed by atoms with Crippen molar-refractivity contribution in [1.29, 1.82) is 0 Å². The standard InChI is InChI=1S/C18H23N3O2S/c1-13-12-20-17(24-13)8-9-19-18(22)21-10-4-7-16(21)14-5-3-6-15(11-14)23-2/h3,5-6,11-12,16H,4,7-10H2,1-2H3,(H,19,22). The normalized spacial score (nSPS) is 17.1. The van der Waals surface area contributed by atoms with Gasteiger partial charge in [-0.25, -0.2) is 9.78 Å². The summed E-state index contributed by atoms with van der Waals surface area (Å²) in [6.07, 6.45) is 4.68. The number of likely N-dealkylation sites (tertiary alicyclic amines) is 1. The zero-order chi connectivity index (χ0) is 16.9. The van der Waals surface area contributed by atoms with Crippen molar-refractivity contribution in [2.45, 2.75) is 32.2 Å². The first-order valence-electron chi connectivity index (χ1n) is 8.27. The van der Waals surface area contributed by atoms with Crippen molar-refractivity contribution < 1.29 is 9.53 Å². The Morgan fingerprint density at radius 1 is 1.50 bits per heavy atom. The quantitative estimate of drug-likeness (QED) is 0.902. The number of amides is 2. The van der Waals surface area contributed by atoms with E-state index >= 15 is 0 Å². The Bertz CT molecular complexity index is 701. The number of aryl methyl sites for hydroxylation is 1. The molecule has 1 fully saturated rings. The minimum atomic E-state index is 0.00796. The van der Waals surface area contributed by atoms with E-state index in [1.807, 2.05) is 36.2 Å². The summed E-state index contributed by atoms with van der Waals surface area (Å²) >= 11 is 1.68. The molecule has 24 heavy (non-hydrogen) atoms. The fourth-order valence-electron chi connectivity index (χ4n) is 3.10. The molecule has 0 saturated carbocycles. The lowest BCUT2D eigenvalue weighted by atomic mass is 10.0. The highest BCUT2D eigenvalue weighted by atomic mass is 32.1. The number of carbonyl (C=O) groups is 1. The predicted molar refractivity (Wildman–Crippen MR) is 95.6 cm³/mol. The summed E-state index contributed by atoms with van der Waals surface area (Å²) in [5, 5.41) is 4.10. The molecule has 0 radical (unpaired) electrons. The Morgan fingerprint density at radius 3 is 3.12 bits per heavy atom. The molecule has 5 nitrogen and oxygen atoms in total. The van der Waals surface area contributed by atoms with Crippen molar-refractivity contribution in [3.8, 4) is 5.75 Å². The molecule has 2 aromatic rings. The smallest absolute Gasteiger partial charge is 0.317 e. The number of thiazole rings is 1. The van der Waals surface area contributed by atoms with Crippen LogP contribution < -0.4 is 10.1 Å². The van der Waals surface area contributed by atoms with Crippen molar-refractivity contribution in [2.75, 3.05) is 20.2 Å². The van der Waals surface area contributed by atoms with E-state index in [-0.39, 0.29) is 12.1 Å². The fourth-order valence-corrected chi connectivity index (χ4v) is 3.89. The van der Waals surface area contributed by atoms with Crippen LogP contribution >= 0.6 is 11.3 Å². The van der Waals surface area contributed by atoms with E-state index in [1.54, 1.807) is 18.4 Å². The van der Waals surface area contributed by atoms with Crippen LogP contribution in [0.2, 0.25) is 0 Å². The predicted octanol–water partition coefficient (Wildman–Crippen LogP) is 3.55. The van der Waals surface area contributed by atoms with E-state index in [0.29, 0.717) is 6.54 Å². The van der Waals surface area contributed by atoms with Gasteiger partial charge in [0, 0.05) is 30.6 Å². The number of carbonyl (C=O) groups excluding carboxylic acids is 1. The van der Waals surface area contributed by atoms with Crippen molar-refractivity contribution in [3.05, 3.63) is 45.9 Å². The zero-order valence-electron chi connectivity index (χ0n) is 14.1. The average Bonchev–Trinajstić information content (AvgIpc) is 3.24. The van der Waals surface area contributed by atoms with Gasteiger partial charge in [0.15, 0.2) is 0 Å². The largest absolute Gasteiger partial charge is 0.497 e. The molecule has 128 valence electrons. The number of nitrogens with one attached hydrogen (secondary N) is 1. The lowest BCUT2D eigenvalue weighted by molar-refractivity contribution is 0.193. The molecule has 1 atom stereocenters. The number of methoxy groups -OCH3 is 1. The maximum atomic E-state index is 12.5. The first kappa shape index (κ1) is 16.8. The summed E-state index contributed by atoms with van der Waals surface area (Å²) in [5.74, 6) is 0.832. The van der Waals surface area contributed by atoms with Gasteiger partial charge in [-0.2, -0.15) is 0 Å². The average molecular weight is 345 g/mol. The molecule has 1 aliphatic heterocycles. The maximum Gasteiger partial charge on any atom is 0.317 e. The number of hydrogen-bond acceptors (Lipinski definition) is 4. The van der Waals surface area contributed by atoms with Gasteiger partial charge in [0.2, 0.25) is 0 Å². The highest BCUT2D eigenvalue weighted by Gasteiger charge is 2.29. The summed E-state index contributed by atoms with van der Waals surface area (Å²) in [5.41, 5.74) is 1.14. The molecule has 1 aliphatic rings. The van der Waals surface area contributed by atoms with Gasteiger partial charge in [0.1, 0.15) is 5.75 Å². The minimum Gasteiger partial charge on any atom is -0.497 e. The second-order valence-corrected chi connectivity index (χ2v) is 7.29. The second kappa shape index (κ2) is 7.66. The van der Waals surface area contributed by atoms with Crippen LogP contribution in [0.5, 0.6) is 5.75 Å². The van der Waals surface area contributed by atoms with E-state index in [1.165, 1.54) is 4.88 Å². The van der Waals surface area contributed by atoms with E-state index in [9.17, 15) is 4.79 Å². The van der Waals surface area contributed by atoms with Gasteiger partial charge in [-0.1, -0.05) is 12.1 Å². The first-order chi connectivity index (χ1) is 11.7. The molecular formula is C18H23N3O2S. The Labute approximate surface area is 146 Å². The number of nitrogens with zero attached hydrogens (tertiary/aromatic N) is 2. The Kier molecular flexibility index (Phi) is 5.35. The Hall–Kier alpha value is -2.08. The van der Waals surface area contributed by atoms with Crippen molar-refractivity contribution in [2.24, 2.45) is 0 Å². The summed E-state index contributed by atoms with van der Waals surface area (Å²) in [6, 6.07) is 8.13. The molecule has 0 spiro atoms. The van der Waals surface area contributed by atoms with Gasteiger partial charge in [-0.05, 0) is 37.5 Å². The van der Waals surface area contributed by atoms with Gasteiger partial charge >= 0.3 is 6.03 Å². The third kappa shape index (κ3) is 3.87. The number of ether oxygens (including phenoxy) is 1. The summed E-state index contributed by atoms with van der Waals surface area (Å²) in [4.78, 5) is 20.0. The van der Waals surface area contributed by atoms with Gasteiger partial charge in [0.25, 0.3) is 0 Å². The van der Waals surface area contributed by atoms with Gasteiger partial charge in [-0.3, -0.25) is 0 Å². The Balaban J connectivity index is 1.58. The number of urea groups is 1. The maximum absolute atomic E-state index is 12.5. The van der Waals surface area contributed by atoms with E-state index in [2.05, 4.69) is 16.4 Å². The van der Waals surface area contributed by atoms with Crippen molar-refractivity contribution >= 4 is 17.4 Å². The van der Waals surface area contributed by atoms with Crippen LogP contribution in [0, 0.1) is 6.92 Å². The van der Waals surface area contributed by atoms with Crippen LogP contribution in [0.25, 0.3) is 0 Å². The van der Waals surface area contributed by atoms with Crippen molar-refractivity contribution in [3.63, 3.8) is 0 Å². The second-order valence-electron chi connectivity index (χ2n) is 5.97. The summed E-state index contributed by atoms with van der Waals surface area (Å²) in [7, 11) is 1.67. The van der Waals surface area contributed by atoms with Crippen LogP contribution in [0.15, 0.2) is 30.5 Å². The number of hydrogen-bond donors (Lipinski definition) is 1. The third-order valence-electron chi connectivity index (χ3n) is 4.28. The molecule has 2 heterocycles. The fraction of sp³-hybridized carbons (Fsp3) is 0.444. The highest BCUT2D eigenvalue weighted by Crippen LogP contribution is 2.33. The topological polar surface area (TPSA) is 54.5 Å². The molecule has 0 aliphatic carbocycles. The monoisotopic (exact) mass is 345 g/mol. The van der Waals surface area contributed by atoms with Crippen molar-refractivity contribution in [1.82, 2.24) is 15.2 Å².